The van der Waals surface area contributed by atoms with Gasteiger partial charge in [0.05, 0.1) is 0 Å². The quantitative estimate of drug-likeness (QED) is 0.731. The van der Waals surface area contributed by atoms with Crippen LogP contribution >= 0.6 is 0 Å². The first kappa shape index (κ1) is 11.4. The van der Waals surface area contributed by atoms with Crippen LogP contribution in [0, 0.1) is 0 Å². The summed E-state index contributed by atoms with van der Waals surface area (Å²) in [4.78, 5) is 5.34. The third-order valence-electron chi connectivity index (χ3n) is 2.56. The Kier molecular flexibility index (Phi) is 3.55. The molecule has 2 rings (SSSR count). The van der Waals surface area contributed by atoms with E-state index in [-0.39, 0.29) is 0 Å². The van der Waals surface area contributed by atoms with Crippen molar-refractivity contribution in [1.29, 1.82) is 0 Å². The second-order valence-corrected chi connectivity index (χ2v) is 3.69. The molecule has 0 N–H and O–H groups in total. The molecule has 2 nitrogen and oxygen atoms in total. The van der Waals surface area contributed by atoms with E-state index < -0.39 is 0 Å². The summed E-state index contributed by atoms with van der Waals surface area (Å²) in [6, 6.07) is 12.4. The van der Waals surface area contributed by atoms with Gasteiger partial charge in [0.15, 0.2) is 6.61 Å². The molecule has 0 aliphatic carbocycles. The van der Waals surface area contributed by atoms with Crippen molar-refractivity contribution >= 4 is 6.08 Å². The Morgan fingerprint density at radius 3 is 2.18 bits per heavy atom. The molecule has 1 aromatic heterocycles. The molecule has 0 saturated carbocycles. The lowest BCUT2D eigenvalue weighted by Gasteiger charge is -2.01. The number of aromatic nitrogens is 1. The number of nitrogens with zero attached hydrogens (tertiary/aromatic N) is 1. The molecule has 2 aromatic rings. The maximum absolute atomic E-state index is 5.34. The molecule has 2 heteroatoms. The monoisotopic (exact) mass is 226 g/mol. The molecule has 0 bridgehead atoms. The maximum Gasteiger partial charge on any atom is 0.223 e. The Labute approximate surface area is 102 Å². The van der Waals surface area contributed by atoms with Crippen LogP contribution in [0.15, 0.2) is 55.4 Å². The minimum atomic E-state index is 0.665. The van der Waals surface area contributed by atoms with Crippen LogP contribution < -0.4 is 9.57 Å². The molecule has 17 heavy (non-hydrogen) atoms. The number of hydrogen-bond acceptors (Lipinski definition) is 1. The van der Waals surface area contributed by atoms with Crippen LogP contribution in [0.2, 0.25) is 0 Å². The number of benzene rings is 1. The van der Waals surface area contributed by atoms with Crippen molar-refractivity contribution in [3.05, 3.63) is 60.9 Å². The average Bonchev–Trinajstić information content (AvgIpc) is 2.40. The van der Waals surface area contributed by atoms with Gasteiger partial charge in [-0.05, 0) is 23.6 Å². The molecule has 0 amide bonds. The van der Waals surface area contributed by atoms with Crippen molar-refractivity contribution in [1.82, 2.24) is 0 Å². The van der Waals surface area contributed by atoms with Crippen LogP contribution in [0.3, 0.4) is 0 Å². The fourth-order valence-corrected chi connectivity index (χ4v) is 1.65. The van der Waals surface area contributed by atoms with Crippen molar-refractivity contribution in [3.8, 4) is 11.1 Å². The molecule has 0 atom stereocenters. The second kappa shape index (κ2) is 5.30. The number of pyridine rings is 1. The average molecular weight is 226 g/mol. The zero-order valence-corrected chi connectivity index (χ0v) is 9.97. The van der Waals surface area contributed by atoms with Gasteiger partial charge in [-0.1, -0.05) is 36.9 Å². The Morgan fingerprint density at radius 1 is 1.06 bits per heavy atom. The van der Waals surface area contributed by atoms with Crippen molar-refractivity contribution in [2.45, 2.75) is 6.92 Å². The molecule has 86 valence electrons. The van der Waals surface area contributed by atoms with Crippen LogP contribution in [-0.4, -0.2) is 6.61 Å². The van der Waals surface area contributed by atoms with E-state index in [9.17, 15) is 0 Å². The summed E-state index contributed by atoms with van der Waals surface area (Å²) in [6.07, 6.45) is 5.68. The molecule has 0 unspecified atom stereocenters. The number of hydrogen-bond donors (Lipinski definition) is 0. The Balaban J connectivity index is 2.23. The largest absolute Gasteiger partial charge is 0.272 e. The highest BCUT2D eigenvalue weighted by Gasteiger charge is 2.02. The van der Waals surface area contributed by atoms with E-state index >= 15 is 0 Å². The lowest BCUT2D eigenvalue weighted by atomic mass is 10.1. The zero-order chi connectivity index (χ0) is 12.1. The van der Waals surface area contributed by atoms with Gasteiger partial charge in [-0.3, -0.25) is 4.84 Å². The van der Waals surface area contributed by atoms with E-state index in [1.807, 2.05) is 37.5 Å². The van der Waals surface area contributed by atoms with Crippen LogP contribution in [0.5, 0.6) is 0 Å². The van der Waals surface area contributed by atoms with Gasteiger partial charge in [0.25, 0.3) is 0 Å². The molecule has 0 aliphatic heterocycles. The van der Waals surface area contributed by atoms with Crippen molar-refractivity contribution in [2.24, 2.45) is 0 Å². The summed E-state index contributed by atoms with van der Waals surface area (Å²) in [7, 11) is 0. The predicted molar refractivity (Wildman–Crippen MR) is 69.3 cm³/mol. The van der Waals surface area contributed by atoms with Gasteiger partial charge in [-0.2, -0.15) is 0 Å². The molecular weight excluding hydrogens is 210 g/mol. The van der Waals surface area contributed by atoms with E-state index in [0.717, 1.165) is 5.56 Å². The summed E-state index contributed by atoms with van der Waals surface area (Å²) in [6.45, 7) is 6.38. The molecule has 0 aliphatic rings. The third kappa shape index (κ3) is 2.72. The minimum Gasteiger partial charge on any atom is -0.272 e. The molecular formula is C15H16NO+. The first-order valence-electron chi connectivity index (χ1n) is 5.71. The normalized spacial score (nSPS) is 9.94. The van der Waals surface area contributed by atoms with Gasteiger partial charge in [0, 0.05) is 16.9 Å². The molecule has 0 spiro atoms. The molecule has 0 saturated heterocycles. The van der Waals surface area contributed by atoms with Crippen LogP contribution in [0.4, 0.5) is 0 Å². The molecule has 1 heterocycles. The van der Waals surface area contributed by atoms with Crippen LogP contribution in [-0.2, 0) is 0 Å². The van der Waals surface area contributed by atoms with E-state index in [2.05, 4.69) is 30.8 Å². The Morgan fingerprint density at radius 2 is 1.65 bits per heavy atom. The first-order chi connectivity index (χ1) is 8.33. The van der Waals surface area contributed by atoms with E-state index in [1.165, 1.54) is 11.1 Å². The fraction of sp³-hybridized carbons (Fsp3) is 0.133. The van der Waals surface area contributed by atoms with Gasteiger partial charge in [0.1, 0.15) is 0 Å². The standard InChI is InChI=1S/C15H16NO/c1-3-13-5-7-14(8-6-13)15-9-11-16(12-10-15)17-4-2/h3,5-12H,1,4H2,2H3/q+1. The van der Waals surface area contributed by atoms with Crippen LogP contribution in [0.25, 0.3) is 17.2 Å². The first-order valence-corrected chi connectivity index (χ1v) is 5.71. The van der Waals surface area contributed by atoms with Gasteiger partial charge in [-0.15, -0.1) is 0 Å². The second-order valence-electron chi connectivity index (χ2n) is 3.69. The summed E-state index contributed by atoms with van der Waals surface area (Å²) < 4.78 is 1.71. The van der Waals surface area contributed by atoms with E-state index in [1.54, 1.807) is 4.73 Å². The summed E-state index contributed by atoms with van der Waals surface area (Å²) in [5.74, 6) is 0. The van der Waals surface area contributed by atoms with Crippen molar-refractivity contribution in [3.63, 3.8) is 0 Å². The number of rotatable bonds is 4. The Bertz CT molecular complexity index is 485. The predicted octanol–water partition coefficient (Wildman–Crippen LogP) is 2.73. The SMILES string of the molecule is C=Cc1ccc(-c2cc[n+](OCC)cc2)cc1. The maximum atomic E-state index is 5.34. The lowest BCUT2D eigenvalue weighted by Crippen LogP contribution is -2.41. The van der Waals surface area contributed by atoms with Crippen LogP contribution in [0.1, 0.15) is 12.5 Å². The third-order valence-corrected chi connectivity index (χ3v) is 2.56. The van der Waals surface area contributed by atoms with Gasteiger partial charge in [-0.25, -0.2) is 0 Å². The topological polar surface area (TPSA) is 13.1 Å². The lowest BCUT2D eigenvalue weighted by molar-refractivity contribution is -0.890. The zero-order valence-electron chi connectivity index (χ0n) is 9.97. The van der Waals surface area contributed by atoms with E-state index in [4.69, 9.17) is 4.84 Å². The van der Waals surface area contributed by atoms with Gasteiger partial charge in [0.2, 0.25) is 12.4 Å². The Hall–Kier alpha value is -2.09. The van der Waals surface area contributed by atoms with Crippen molar-refractivity contribution < 1.29 is 9.57 Å². The van der Waals surface area contributed by atoms with Gasteiger partial charge >= 0.3 is 0 Å². The highest BCUT2D eigenvalue weighted by atomic mass is 16.7. The minimum absolute atomic E-state index is 0.665. The summed E-state index contributed by atoms with van der Waals surface area (Å²) >= 11 is 0. The molecule has 0 fully saturated rings. The smallest absolute Gasteiger partial charge is 0.223 e. The van der Waals surface area contributed by atoms with Gasteiger partial charge < -0.3 is 0 Å². The molecule has 0 radical (unpaired) electrons. The fourth-order valence-electron chi connectivity index (χ4n) is 1.65. The molecule has 1 aromatic carbocycles. The summed E-state index contributed by atoms with van der Waals surface area (Å²) in [5.41, 5.74) is 3.50. The highest BCUT2D eigenvalue weighted by molar-refractivity contribution is 5.64. The summed E-state index contributed by atoms with van der Waals surface area (Å²) in [5, 5.41) is 0. The van der Waals surface area contributed by atoms with E-state index in [0.29, 0.717) is 6.61 Å². The highest BCUT2D eigenvalue weighted by Crippen LogP contribution is 2.18. The van der Waals surface area contributed by atoms with Crippen molar-refractivity contribution in [2.75, 3.05) is 6.61 Å².